The summed E-state index contributed by atoms with van der Waals surface area (Å²) in [5, 5.41) is 0.922. The van der Waals surface area contributed by atoms with E-state index in [1.54, 1.807) is 11.3 Å². The van der Waals surface area contributed by atoms with Gasteiger partial charge in [-0.25, -0.2) is 4.98 Å². The summed E-state index contributed by atoms with van der Waals surface area (Å²) in [5.41, 5.74) is 0.994. The first-order chi connectivity index (χ1) is 11.1. The summed E-state index contributed by atoms with van der Waals surface area (Å²) in [4.78, 5) is 20.9. The van der Waals surface area contributed by atoms with Crippen LogP contribution >= 0.6 is 11.3 Å². The van der Waals surface area contributed by atoms with Crippen molar-refractivity contribution in [1.29, 1.82) is 0 Å². The second kappa shape index (κ2) is 7.38. The molecule has 0 radical (unpaired) electrons. The van der Waals surface area contributed by atoms with Crippen LogP contribution in [0.15, 0.2) is 24.3 Å². The molecule has 2 aromatic rings. The fourth-order valence-corrected chi connectivity index (χ4v) is 3.84. The molecule has 6 heteroatoms. The van der Waals surface area contributed by atoms with Gasteiger partial charge in [0.05, 0.1) is 16.8 Å². The van der Waals surface area contributed by atoms with Gasteiger partial charge in [-0.1, -0.05) is 12.1 Å². The van der Waals surface area contributed by atoms with E-state index in [0.717, 1.165) is 41.2 Å². The highest BCUT2D eigenvalue weighted by molar-refractivity contribution is 7.18. The van der Waals surface area contributed by atoms with Crippen LogP contribution in [0.3, 0.4) is 0 Å². The van der Waals surface area contributed by atoms with Crippen molar-refractivity contribution in [3.8, 4) is 0 Å². The van der Waals surface area contributed by atoms with Crippen molar-refractivity contribution in [2.45, 2.75) is 25.5 Å². The number of aromatic nitrogens is 1. The molecule has 0 aliphatic carbocycles. The number of hydrogen-bond acceptors (Lipinski definition) is 5. The van der Waals surface area contributed by atoms with Gasteiger partial charge in [-0.2, -0.15) is 0 Å². The second-order valence-corrected chi connectivity index (χ2v) is 7.26. The van der Waals surface area contributed by atoms with Crippen molar-refractivity contribution < 1.29 is 9.53 Å². The Kier molecular flexibility index (Phi) is 5.25. The number of para-hydroxylation sites is 1. The molecule has 0 spiro atoms. The minimum atomic E-state index is 0.0864. The maximum Gasteiger partial charge on any atom is 0.248 e. The average molecular weight is 333 g/mol. The molecule has 0 bridgehead atoms. The van der Waals surface area contributed by atoms with Gasteiger partial charge < -0.3 is 14.5 Å². The summed E-state index contributed by atoms with van der Waals surface area (Å²) in [6, 6.07) is 8.62. The van der Waals surface area contributed by atoms with Crippen molar-refractivity contribution in [3.63, 3.8) is 0 Å². The molecule has 0 atom stereocenters. The lowest BCUT2D eigenvalue weighted by Gasteiger charge is -2.35. The fraction of sp³-hybridized carbons (Fsp3) is 0.529. The molecular weight excluding hydrogens is 310 g/mol. The molecular formula is C17H23N3O2S. The molecule has 1 aromatic heterocycles. The minimum absolute atomic E-state index is 0.0864. The number of thiazole rings is 1. The third-order valence-electron chi connectivity index (χ3n) is 4.34. The Hall–Kier alpha value is -1.50. The lowest BCUT2D eigenvalue weighted by Crippen LogP contribution is -2.45. The lowest BCUT2D eigenvalue weighted by atomic mass is 10.0. The third-order valence-corrected chi connectivity index (χ3v) is 5.35. The third kappa shape index (κ3) is 4.07. The maximum atomic E-state index is 12.2. The molecule has 2 heterocycles. The summed E-state index contributed by atoms with van der Waals surface area (Å²) in [6.45, 7) is 2.19. The second-order valence-electron chi connectivity index (χ2n) is 6.14. The van der Waals surface area contributed by atoms with E-state index in [-0.39, 0.29) is 12.5 Å². The number of ether oxygens (including phenoxy) is 1. The first-order valence-corrected chi connectivity index (χ1v) is 8.81. The van der Waals surface area contributed by atoms with Gasteiger partial charge in [0.15, 0.2) is 0 Å². The minimum Gasteiger partial charge on any atom is -0.364 e. The Balaban J connectivity index is 1.44. The Morgan fingerprint density at radius 3 is 2.78 bits per heavy atom. The van der Waals surface area contributed by atoms with Crippen LogP contribution in [0.5, 0.6) is 0 Å². The van der Waals surface area contributed by atoms with Crippen LogP contribution in [0, 0.1) is 0 Å². The smallest absolute Gasteiger partial charge is 0.248 e. The van der Waals surface area contributed by atoms with Crippen LogP contribution in [0.25, 0.3) is 10.2 Å². The zero-order valence-electron chi connectivity index (χ0n) is 13.7. The molecule has 5 nitrogen and oxygen atoms in total. The number of nitrogens with zero attached hydrogens (tertiary/aromatic N) is 3. The molecule has 1 aliphatic rings. The Bertz CT molecular complexity index is 630. The van der Waals surface area contributed by atoms with E-state index >= 15 is 0 Å². The van der Waals surface area contributed by atoms with Gasteiger partial charge in [0.1, 0.15) is 11.6 Å². The van der Waals surface area contributed by atoms with Gasteiger partial charge in [-0.3, -0.25) is 4.79 Å². The number of likely N-dealkylation sites (tertiary alicyclic amines) is 1. The molecule has 0 unspecified atom stereocenters. The number of fused-ring (bicyclic) bond motifs is 1. The van der Waals surface area contributed by atoms with Crippen molar-refractivity contribution >= 4 is 27.5 Å². The highest BCUT2D eigenvalue weighted by Gasteiger charge is 2.23. The normalized spacial score (nSPS) is 16.4. The molecule has 1 aliphatic heterocycles. The van der Waals surface area contributed by atoms with Crippen molar-refractivity contribution in [2.24, 2.45) is 0 Å². The van der Waals surface area contributed by atoms with Crippen LogP contribution in [-0.2, 0) is 16.1 Å². The van der Waals surface area contributed by atoms with Crippen molar-refractivity contribution in [3.05, 3.63) is 29.3 Å². The quantitative estimate of drug-likeness (QED) is 0.843. The van der Waals surface area contributed by atoms with Gasteiger partial charge in [0, 0.05) is 19.1 Å². The van der Waals surface area contributed by atoms with E-state index in [4.69, 9.17) is 4.74 Å². The monoisotopic (exact) mass is 333 g/mol. The number of piperidine rings is 1. The number of carbonyl (C=O) groups is 1. The Morgan fingerprint density at radius 2 is 2.09 bits per heavy atom. The number of amides is 1. The average Bonchev–Trinajstić information content (AvgIpc) is 2.97. The number of carbonyl (C=O) groups excluding carboxylic acids is 1. The SMILES string of the molecule is CN(C)C1CCN(C(=O)COCc2nc3ccccc3s2)CC1. The van der Waals surface area contributed by atoms with E-state index in [2.05, 4.69) is 30.0 Å². The van der Waals surface area contributed by atoms with E-state index in [1.807, 2.05) is 23.1 Å². The molecule has 1 saturated heterocycles. The molecule has 0 saturated carbocycles. The highest BCUT2D eigenvalue weighted by Crippen LogP contribution is 2.22. The van der Waals surface area contributed by atoms with Crippen molar-refractivity contribution in [2.75, 3.05) is 33.8 Å². The summed E-state index contributed by atoms with van der Waals surface area (Å²) in [7, 11) is 4.20. The van der Waals surface area contributed by atoms with Gasteiger partial charge in [0.25, 0.3) is 0 Å². The summed E-state index contributed by atoms with van der Waals surface area (Å²) >= 11 is 1.62. The van der Waals surface area contributed by atoms with Crippen LogP contribution in [0.1, 0.15) is 17.8 Å². The van der Waals surface area contributed by atoms with E-state index in [0.29, 0.717) is 12.6 Å². The van der Waals surface area contributed by atoms with Crippen LogP contribution in [-0.4, -0.2) is 60.5 Å². The summed E-state index contributed by atoms with van der Waals surface area (Å²) < 4.78 is 6.74. The molecule has 1 amide bonds. The van der Waals surface area contributed by atoms with E-state index in [1.165, 1.54) is 0 Å². The maximum absolute atomic E-state index is 12.2. The highest BCUT2D eigenvalue weighted by atomic mass is 32.1. The first-order valence-electron chi connectivity index (χ1n) is 8.00. The molecule has 3 rings (SSSR count). The van der Waals surface area contributed by atoms with Gasteiger partial charge in [0.2, 0.25) is 5.91 Å². The van der Waals surface area contributed by atoms with Gasteiger partial charge >= 0.3 is 0 Å². The van der Waals surface area contributed by atoms with E-state index in [9.17, 15) is 4.79 Å². The lowest BCUT2D eigenvalue weighted by molar-refractivity contribution is -0.138. The topological polar surface area (TPSA) is 45.7 Å². The zero-order valence-corrected chi connectivity index (χ0v) is 14.5. The number of hydrogen-bond donors (Lipinski definition) is 0. The van der Waals surface area contributed by atoms with Gasteiger partial charge in [-0.05, 0) is 39.1 Å². The predicted octanol–water partition coefficient (Wildman–Crippen LogP) is 2.37. The van der Waals surface area contributed by atoms with E-state index < -0.39 is 0 Å². The first kappa shape index (κ1) is 16.4. The van der Waals surface area contributed by atoms with Gasteiger partial charge in [-0.15, -0.1) is 11.3 Å². The fourth-order valence-electron chi connectivity index (χ4n) is 2.93. The molecule has 1 aromatic carbocycles. The molecule has 124 valence electrons. The largest absolute Gasteiger partial charge is 0.364 e. The summed E-state index contributed by atoms with van der Waals surface area (Å²) in [6.07, 6.45) is 2.08. The predicted molar refractivity (Wildman–Crippen MR) is 92.6 cm³/mol. The number of benzene rings is 1. The standard InChI is InChI=1S/C17H23N3O2S/c1-19(2)13-7-9-20(10-8-13)17(21)12-22-11-16-18-14-5-3-4-6-15(14)23-16/h3-6,13H,7-12H2,1-2H3. The number of rotatable bonds is 5. The Labute approximate surface area is 140 Å². The zero-order chi connectivity index (χ0) is 16.2. The van der Waals surface area contributed by atoms with Crippen LogP contribution in [0.2, 0.25) is 0 Å². The summed E-state index contributed by atoms with van der Waals surface area (Å²) in [5.74, 6) is 0.0864. The van der Waals surface area contributed by atoms with Crippen molar-refractivity contribution in [1.82, 2.24) is 14.8 Å². The molecule has 1 fully saturated rings. The molecule has 0 N–H and O–H groups in total. The van der Waals surface area contributed by atoms with Crippen LogP contribution < -0.4 is 0 Å². The Morgan fingerprint density at radius 1 is 1.35 bits per heavy atom. The molecule has 23 heavy (non-hydrogen) atoms. The van der Waals surface area contributed by atoms with Crippen LogP contribution in [0.4, 0.5) is 0 Å².